The van der Waals surface area contributed by atoms with Gasteiger partial charge in [-0.15, -0.1) is 0 Å². The van der Waals surface area contributed by atoms with E-state index in [2.05, 4.69) is 42.1 Å². The summed E-state index contributed by atoms with van der Waals surface area (Å²) < 4.78 is 60.2. The third kappa shape index (κ3) is 32.5. The lowest BCUT2D eigenvalue weighted by atomic mass is 10.1. The van der Waals surface area contributed by atoms with Crippen LogP contribution in [0, 0.1) is 0 Å². The van der Waals surface area contributed by atoms with Crippen molar-refractivity contribution in [3.8, 4) is 34.5 Å². The molecule has 7 N–H and O–H groups in total. The molecular weight excluding hydrogens is 1300 g/mol. The zero-order chi connectivity index (χ0) is 73.5. The van der Waals surface area contributed by atoms with Crippen LogP contribution in [0.15, 0.2) is 36.4 Å². The second-order valence-corrected chi connectivity index (χ2v) is 25.6. The molecule has 26 heteroatoms. The van der Waals surface area contributed by atoms with Crippen LogP contribution >= 0.6 is 0 Å². The SMILES string of the molecule is CCCCOc1c(C(=O)NCCCCCNC(=O)OC(C)(C)C)ccc(C(=O)NCCN2CCNC(=O)c3ccc(c(OCCCC)c3OCCCC)C(=O)NCCN(CCOCCOCCOC)CCNC(=O)c3ccc(c(OCCCC)c3OCCCC)C(=O)NCC2)c1OCCCC. The fraction of sp³-hybridized carbons (Fsp3) is 0.667. The highest BCUT2D eigenvalue weighted by atomic mass is 16.6. The molecule has 7 rings (SSSR count). The molecule has 0 aromatic heterocycles. The summed E-state index contributed by atoms with van der Waals surface area (Å²) in [7, 11) is 1.61. The minimum absolute atomic E-state index is 0.101. The first-order chi connectivity index (χ1) is 49.0. The van der Waals surface area contributed by atoms with Gasteiger partial charge in [0.05, 0.1) is 106 Å². The van der Waals surface area contributed by atoms with Gasteiger partial charge in [0.2, 0.25) is 0 Å². The number of hydrogen-bond acceptors (Lipinski definition) is 19. The van der Waals surface area contributed by atoms with Crippen molar-refractivity contribution in [1.82, 2.24) is 47.0 Å². The number of benzene rings is 3. The molecule has 3 aromatic rings. The number of nitrogens with one attached hydrogen (secondary N) is 7. The number of rotatable bonds is 44. The van der Waals surface area contributed by atoms with Crippen molar-refractivity contribution < 1.29 is 80.9 Å². The number of unbranched alkanes of at least 4 members (excludes halogenated alkanes) is 8. The van der Waals surface area contributed by atoms with Crippen molar-refractivity contribution in [1.29, 1.82) is 0 Å². The van der Waals surface area contributed by atoms with E-state index in [1.165, 1.54) is 0 Å². The highest BCUT2D eigenvalue weighted by molar-refractivity contribution is 6.05. The third-order valence-corrected chi connectivity index (χ3v) is 16.0. The van der Waals surface area contributed by atoms with Crippen LogP contribution in [0.25, 0.3) is 0 Å². The van der Waals surface area contributed by atoms with E-state index in [1.807, 2.05) is 46.4 Å². The van der Waals surface area contributed by atoms with Gasteiger partial charge in [-0.1, -0.05) is 80.1 Å². The molecule has 3 aromatic carbocycles. The van der Waals surface area contributed by atoms with Crippen LogP contribution in [0.1, 0.15) is 221 Å². The summed E-state index contributed by atoms with van der Waals surface area (Å²) in [5.41, 5.74) is 0.548. The molecular formula is C75H121N9O17. The van der Waals surface area contributed by atoms with Crippen molar-refractivity contribution in [2.45, 2.75) is 164 Å². The number of nitrogens with zero attached hydrogens (tertiary/aromatic N) is 2. The number of carbonyl (C=O) groups is 7. The van der Waals surface area contributed by atoms with E-state index in [4.69, 9.17) is 47.4 Å². The van der Waals surface area contributed by atoms with Gasteiger partial charge in [-0.25, -0.2) is 4.79 Å². The molecule has 4 aliphatic rings. The first kappa shape index (κ1) is 85.8. The maximum Gasteiger partial charge on any atom is 0.407 e. The molecule has 568 valence electrons. The van der Waals surface area contributed by atoms with E-state index in [0.717, 1.165) is 44.9 Å². The number of amides is 7. The predicted molar refractivity (Wildman–Crippen MR) is 390 cm³/mol. The Bertz CT molecular complexity index is 2830. The molecule has 0 saturated carbocycles. The number of alkyl carbamates (subject to hydrolysis) is 1. The fourth-order valence-corrected chi connectivity index (χ4v) is 10.2. The second-order valence-electron chi connectivity index (χ2n) is 25.6. The zero-order valence-electron chi connectivity index (χ0n) is 62.4. The van der Waals surface area contributed by atoms with Crippen LogP contribution in [0.2, 0.25) is 0 Å². The summed E-state index contributed by atoms with van der Waals surface area (Å²) in [5, 5.41) is 21.1. The monoisotopic (exact) mass is 1420 g/mol. The third-order valence-electron chi connectivity index (χ3n) is 16.0. The van der Waals surface area contributed by atoms with Crippen LogP contribution in [0.4, 0.5) is 4.79 Å². The molecule has 0 aliphatic carbocycles. The van der Waals surface area contributed by atoms with Crippen LogP contribution in [0.3, 0.4) is 0 Å². The van der Waals surface area contributed by atoms with Crippen molar-refractivity contribution in [3.63, 3.8) is 0 Å². The van der Waals surface area contributed by atoms with Crippen molar-refractivity contribution in [2.75, 3.05) is 165 Å². The summed E-state index contributed by atoms with van der Waals surface area (Å²) in [6, 6.07) is 9.43. The molecule has 0 saturated heterocycles. The molecule has 0 spiro atoms. The summed E-state index contributed by atoms with van der Waals surface area (Å²) in [6.07, 6.45) is 10.5. The van der Waals surface area contributed by atoms with Gasteiger partial charge in [0.15, 0.2) is 34.5 Å². The van der Waals surface area contributed by atoms with E-state index >= 15 is 0 Å². The number of ether oxygens (including phenoxy) is 10. The predicted octanol–water partition coefficient (Wildman–Crippen LogP) is 9.53. The largest absolute Gasteiger partial charge is 0.489 e. The normalized spacial score (nSPS) is 13.9. The molecule has 0 radical (unpaired) electrons. The van der Waals surface area contributed by atoms with Crippen molar-refractivity contribution in [2.24, 2.45) is 0 Å². The van der Waals surface area contributed by atoms with Gasteiger partial charge >= 0.3 is 6.09 Å². The van der Waals surface area contributed by atoms with Crippen LogP contribution in [-0.4, -0.2) is 222 Å². The Morgan fingerprint density at radius 2 is 0.703 bits per heavy atom. The molecule has 101 heavy (non-hydrogen) atoms. The van der Waals surface area contributed by atoms with Crippen LogP contribution in [-0.2, 0) is 18.9 Å². The Morgan fingerprint density at radius 3 is 1.05 bits per heavy atom. The van der Waals surface area contributed by atoms with Gasteiger partial charge in [-0.05, 0) is 115 Å². The van der Waals surface area contributed by atoms with Gasteiger partial charge in [0.1, 0.15) is 5.60 Å². The van der Waals surface area contributed by atoms with E-state index in [-0.39, 0.29) is 166 Å². The average molecular weight is 1420 g/mol. The van der Waals surface area contributed by atoms with Gasteiger partial charge in [-0.2, -0.15) is 0 Å². The Kier molecular flexibility index (Phi) is 43.0. The average Bonchev–Trinajstić information content (AvgIpc) is 0.813. The maximum absolute atomic E-state index is 14.6. The van der Waals surface area contributed by atoms with Crippen LogP contribution in [0.5, 0.6) is 34.5 Å². The number of methoxy groups -OCH3 is 1. The topological polar surface area (TPSA) is 302 Å². The van der Waals surface area contributed by atoms with Crippen LogP contribution < -0.4 is 65.6 Å². The van der Waals surface area contributed by atoms with Gasteiger partial charge in [-0.3, -0.25) is 38.6 Å². The molecule has 0 atom stereocenters. The molecule has 4 bridgehead atoms. The highest BCUT2D eigenvalue weighted by Gasteiger charge is 2.29. The van der Waals surface area contributed by atoms with Crippen molar-refractivity contribution in [3.05, 3.63) is 69.8 Å². The molecule has 0 fully saturated rings. The first-order valence-corrected chi connectivity index (χ1v) is 37.0. The minimum Gasteiger partial charge on any atom is -0.489 e. The van der Waals surface area contributed by atoms with E-state index in [1.54, 1.807) is 64.3 Å². The molecule has 0 unspecified atom stereocenters. The molecule has 7 amide bonds. The lowest BCUT2D eigenvalue weighted by molar-refractivity contribution is 0.0196. The summed E-state index contributed by atoms with van der Waals surface area (Å²) in [4.78, 5) is 103. The van der Waals surface area contributed by atoms with E-state index in [9.17, 15) is 33.6 Å². The summed E-state index contributed by atoms with van der Waals surface area (Å²) in [6.45, 7) is 24.6. The quantitative estimate of drug-likeness (QED) is 0.0259. The first-order valence-electron chi connectivity index (χ1n) is 37.0. The van der Waals surface area contributed by atoms with E-state index in [0.29, 0.717) is 117 Å². The Hall–Kier alpha value is -7.65. The summed E-state index contributed by atoms with van der Waals surface area (Å²) >= 11 is 0. The minimum atomic E-state index is -0.600. The molecule has 4 heterocycles. The smallest absolute Gasteiger partial charge is 0.407 e. The highest BCUT2D eigenvalue weighted by Crippen LogP contribution is 2.39. The van der Waals surface area contributed by atoms with E-state index < -0.39 is 41.2 Å². The van der Waals surface area contributed by atoms with Gasteiger partial charge in [0, 0.05) is 92.2 Å². The lowest BCUT2D eigenvalue weighted by Crippen LogP contribution is -2.43. The van der Waals surface area contributed by atoms with Crippen molar-refractivity contribution >= 4 is 41.5 Å². The second kappa shape index (κ2) is 50.6. The lowest BCUT2D eigenvalue weighted by Gasteiger charge is -2.25. The number of carbonyl (C=O) groups excluding carboxylic acids is 7. The standard InChI is InChI=1S/C75H121N9O17/c1-11-17-45-95-62-56(68(85)76-32-24-23-25-33-82-74(91)101-75(7,8)9)26-27-57(63(62)96-46-18-12-2)69(86)77-34-39-83-40-35-78-70(87)58-28-30-60(66(99-49-21-15-5)64(58)97-47-19-13-3)72(89)80-37-42-84(44-51-93-54-55-94-53-52-92-10)43-38-81-73(90)61-31-29-59(71(88)79-36-41-83)65(98-48-20-14-4)67(61)100-50-22-16-6/h26-31H,11-25,32-55H2,1-10H3,(H,76,85)(H,77,86)(H,78,87)(H,79,88)(H,80,89)(H,81,90)(H,82,91). The Morgan fingerprint density at radius 1 is 0.386 bits per heavy atom. The van der Waals surface area contributed by atoms with Gasteiger partial charge < -0.3 is 84.6 Å². The molecule has 26 nitrogen and oxygen atoms in total. The zero-order valence-corrected chi connectivity index (χ0v) is 62.4. The maximum atomic E-state index is 14.6. The molecule has 4 aliphatic heterocycles. The van der Waals surface area contributed by atoms with Gasteiger partial charge in [0.25, 0.3) is 35.4 Å². The number of hydrogen-bond donors (Lipinski definition) is 7. The fourth-order valence-electron chi connectivity index (χ4n) is 10.2. The summed E-state index contributed by atoms with van der Waals surface area (Å²) in [5.74, 6) is -1.72. The Labute approximate surface area is 600 Å². The Balaban J connectivity index is 1.72.